The molecule has 0 aliphatic carbocycles. The standard InChI is InChI=1S/C46H27NOS2/c1-2-12-32-28(10-1)20-23-36-45-39(16-9-17-40(45)48-46(32)36)47(30-22-24-35-33-13-4-7-18-41(33)50-44(35)27-30)38-15-6-3-11-31(38)29-21-25-43-37(26-29)34-14-5-8-19-42(34)49-43/h1-27H. The van der Waals surface area contributed by atoms with Crippen molar-refractivity contribution >= 4 is 113 Å². The summed E-state index contributed by atoms with van der Waals surface area (Å²) in [5, 5.41) is 9.72. The highest BCUT2D eigenvalue weighted by Crippen LogP contribution is 2.48. The largest absolute Gasteiger partial charge is 0.455 e. The Hall–Kier alpha value is -5.94. The number of para-hydroxylation sites is 1. The summed E-state index contributed by atoms with van der Waals surface area (Å²) in [7, 11) is 0. The van der Waals surface area contributed by atoms with Gasteiger partial charge in [-0.3, -0.25) is 0 Å². The van der Waals surface area contributed by atoms with Crippen molar-refractivity contribution in [3.63, 3.8) is 0 Å². The Morgan fingerprint density at radius 2 is 1.08 bits per heavy atom. The molecule has 0 saturated carbocycles. The van der Waals surface area contributed by atoms with E-state index in [2.05, 4.69) is 169 Å². The molecule has 3 aromatic heterocycles. The number of hydrogen-bond donors (Lipinski definition) is 0. The average Bonchev–Trinajstić information content (AvgIpc) is 3.86. The van der Waals surface area contributed by atoms with E-state index in [1.165, 1.54) is 56.9 Å². The van der Waals surface area contributed by atoms with E-state index in [0.717, 1.165) is 44.4 Å². The van der Waals surface area contributed by atoms with E-state index in [1.54, 1.807) is 0 Å². The third kappa shape index (κ3) is 4.13. The molecule has 0 aliphatic heterocycles. The van der Waals surface area contributed by atoms with E-state index in [4.69, 9.17) is 4.42 Å². The second kappa shape index (κ2) is 10.8. The van der Waals surface area contributed by atoms with Crippen molar-refractivity contribution < 1.29 is 4.42 Å². The van der Waals surface area contributed by atoms with Crippen LogP contribution in [0.1, 0.15) is 0 Å². The van der Waals surface area contributed by atoms with Crippen molar-refractivity contribution in [2.75, 3.05) is 4.90 Å². The topological polar surface area (TPSA) is 16.4 Å². The van der Waals surface area contributed by atoms with Crippen LogP contribution in [0, 0.1) is 0 Å². The van der Waals surface area contributed by atoms with Crippen molar-refractivity contribution in [1.82, 2.24) is 0 Å². The number of rotatable bonds is 4. The maximum atomic E-state index is 6.71. The van der Waals surface area contributed by atoms with Crippen LogP contribution < -0.4 is 4.90 Å². The van der Waals surface area contributed by atoms with Gasteiger partial charge in [-0.25, -0.2) is 0 Å². The zero-order valence-electron chi connectivity index (χ0n) is 26.8. The lowest BCUT2D eigenvalue weighted by Crippen LogP contribution is -2.11. The van der Waals surface area contributed by atoms with Crippen LogP contribution in [0.2, 0.25) is 0 Å². The van der Waals surface area contributed by atoms with E-state index in [-0.39, 0.29) is 0 Å². The van der Waals surface area contributed by atoms with E-state index in [9.17, 15) is 0 Å². The number of fused-ring (bicyclic) bond motifs is 11. The maximum Gasteiger partial charge on any atom is 0.143 e. The number of hydrogen-bond acceptors (Lipinski definition) is 4. The highest BCUT2D eigenvalue weighted by Gasteiger charge is 2.23. The van der Waals surface area contributed by atoms with Gasteiger partial charge in [-0.1, -0.05) is 103 Å². The molecule has 0 spiro atoms. The molecule has 11 aromatic rings. The van der Waals surface area contributed by atoms with Gasteiger partial charge in [-0.15, -0.1) is 22.7 Å². The Bertz CT molecular complexity index is 3130. The van der Waals surface area contributed by atoms with Crippen LogP contribution in [0.3, 0.4) is 0 Å². The SMILES string of the molecule is c1ccc(N(c2ccc3c(c2)sc2ccccc23)c2cccc3oc4c5ccccc5ccc4c23)c(-c2ccc3sc4ccccc4c3c2)c1. The predicted molar refractivity (Wildman–Crippen MR) is 217 cm³/mol. The number of thiophene rings is 2. The second-order valence-corrected chi connectivity index (χ2v) is 15.0. The molecule has 0 atom stereocenters. The molecule has 0 saturated heterocycles. The van der Waals surface area contributed by atoms with Crippen LogP contribution in [-0.2, 0) is 0 Å². The first-order valence-corrected chi connectivity index (χ1v) is 18.5. The van der Waals surface area contributed by atoms with Crippen molar-refractivity contribution in [3.05, 3.63) is 164 Å². The second-order valence-electron chi connectivity index (χ2n) is 12.9. The van der Waals surface area contributed by atoms with Crippen LogP contribution in [0.15, 0.2) is 168 Å². The molecule has 0 N–H and O–H groups in total. The smallest absolute Gasteiger partial charge is 0.143 e. The van der Waals surface area contributed by atoms with Gasteiger partial charge < -0.3 is 9.32 Å². The molecule has 11 rings (SSSR count). The highest BCUT2D eigenvalue weighted by molar-refractivity contribution is 7.26. The fourth-order valence-electron chi connectivity index (χ4n) is 7.79. The van der Waals surface area contributed by atoms with E-state index in [1.807, 2.05) is 22.7 Å². The normalized spacial score (nSPS) is 12.0. The van der Waals surface area contributed by atoms with Gasteiger partial charge in [0.25, 0.3) is 0 Å². The van der Waals surface area contributed by atoms with E-state index in [0.29, 0.717) is 0 Å². The molecule has 4 heteroatoms. The van der Waals surface area contributed by atoms with E-state index >= 15 is 0 Å². The Balaban J connectivity index is 1.21. The quantitative estimate of drug-likeness (QED) is 0.185. The van der Waals surface area contributed by atoms with Gasteiger partial charge >= 0.3 is 0 Å². The zero-order chi connectivity index (χ0) is 32.8. The van der Waals surface area contributed by atoms with E-state index < -0.39 is 0 Å². The molecule has 8 aromatic carbocycles. The molecule has 50 heavy (non-hydrogen) atoms. The summed E-state index contributed by atoms with van der Waals surface area (Å²) in [6.07, 6.45) is 0. The van der Waals surface area contributed by atoms with Gasteiger partial charge in [-0.2, -0.15) is 0 Å². The maximum absolute atomic E-state index is 6.71. The summed E-state index contributed by atoms with van der Waals surface area (Å²) in [6, 6.07) is 59.5. The summed E-state index contributed by atoms with van der Waals surface area (Å²) in [6.45, 7) is 0. The van der Waals surface area contributed by atoms with Crippen LogP contribution in [-0.4, -0.2) is 0 Å². The van der Waals surface area contributed by atoms with Crippen molar-refractivity contribution in [1.29, 1.82) is 0 Å². The molecule has 0 amide bonds. The van der Waals surface area contributed by atoms with Gasteiger partial charge in [0.1, 0.15) is 11.2 Å². The van der Waals surface area contributed by atoms with Gasteiger partial charge in [0.15, 0.2) is 0 Å². The minimum Gasteiger partial charge on any atom is -0.455 e. The summed E-state index contributed by atoms with van der Waals surface area (Å²) in [5.74, 6) is 0. The molecular formula is C46H27NOS2. The molecule has 0 aliphatic rings. The molecule has 0 radical (unpaired) electrons. The van der Waals surface area contributed by atoms with Crippen molar-refractivity contribution in [3.8, 4) is 11.1 Å². The van der Waals surface area contributed by atoms with Gasteiger partial charge in [0, 0.05) is 62.4 Å². The van der Waals surface area contributed by atoms with Crippen LogP contribution >= 0.6 is 22.7 Å². The van der Waals surface area contributed by atoms with Crippen molar-refractivity contribution in [2.45, 2.75) is 0 Å². The van der Waals surface area contributed by atoms with Crippen LogP contribution in [0.4, 0.5) is 17.1 Å². The first kappa shape index (κ1) is 28.0. The summed E-state index contributed by atoms with van der Waals surface area (Å²) < 4.78 is 11.9. The monoisotopic (exact) mass is 673 g/mol. The summed E-state index contributed by atoms with van der Waals surface area (Å²) >= 11 is 3.71. The molecule has 0 unspecified atom stereocenters. The number of benzene rings is 8. The molecule has 234 valence electrons. The predicted octanol–water partition coefficient (Wildman–Crippen LogP) is 14.6. The first-order chi connectivity index (χ1) is 24.8. The van der Waals surface area contributed by atoms with Gasteiger partial charge in [0.05, 0.1) is 16.8 Å². The molecule has 3 heterocycles. The lowest BCUT2D eigenvalue weighted by molar-refractivity contribution is 0.672. The fourth-order valence-corrected chi connectivity index (χ4v) is 10.0. The number of anilines is 3. The van der Waals surface area contributed by atoms with Crippen LogP contribution in [0.25, 0.3) is 84.2 Å². The van der Waals surface area contributed by atoms with Gasteiger partial charge in [0.2, 0.25) is 0 Å². The van der Waals surface area contributed by atoms with Gasteiger partial charge in [-0.05, 0) is 71.6 Å². The average molecular weight is 674 g/mol. The summed E-state index contributed by atoms with van der Waals surface area (Å²) in [4.78, 5) is 2.45. The molecular weight excluding hydrogens is 647 g/mol. The minimum absolute atomic E-state index is 0.880. The Morgan fingerprint density at radius 3 is 1.96 bits per heavy atom. The zero-order valence-corrected chi connectivity index (χ0v) is 28.4. The number of furan rings is 1. The third-order valence-electron chi connectivity index (χ3n) is 10.1. The lowest BCUT2D eigenvalue weighted by atomic mass is 9.99. The molecule has 0 bridgehead atoms. The first-order valence-electron chi connectivity index (χ1n) is 16.8. The highest BCUT2D eigenvalue weighted by atomic mass is 32.1. The fraction of sp³-hybridized carbons (Fsp3) is 0. The Morgan fingerprint density at radius 1 is 0.420 bits per heavy atom. The summed E-state index contributed by atoms with van der Waals surface area (Å²) in [5.41, 5.74) is 7.50. The van der Waals surface area contributed by atoms with Crippen molar-refractivity contribution in [2.24, 2.45) is 0 Å². The molecule has 0 fully saturated rings. The number of nitrogens with zero attached hydrogens (tertiary/aromatic N) is 1. The Kier molecular flexibility index (Phi) is 6.03. The molecule has 2 nitrogen and oxygen atoms in total. The minimum atomic E-state index is 0.880. The Labute approximate surface area is 295 Å². The third-order valence-corrected chi connectivity index (χ3v) is 12.3. The van der Waals surface area contributed by atoms with Crippen LogP contribution in [0.5, 0.6) is 0 Å². The lowest BCUT2D eigenvalue weighted by Gasteiger charge is -2.28.